The van der Waals surface area contributed by atoms with E-state index in [1.54, 1.807) is 55.7 Å². The lowest BCUT2D eigenvalue weighted by atomic mass is 10.2. The lowest BCUT2D eigenvalue weighted by molar-refractivity contribution is -0.129. The number of rotatable bonds is 3. The van der Waals surface area contributed by atoms with Crippen molar-refractivity contribution in [2.45, 2.75) is 0 Å². The first-order valence-corrected chi connectivity index (χ1v) is 7.86. The van der Waals surface area contributed by atoms with E-state index in [2.05, 4.69) is 20.9 Å². The molecule has 23 heavy (non-hydrogen) atoms. The molecule has 2 aromatic carbocycles. The van der Waals surface area contributed by atoms with Crippen molar-refractivity contribution in [3.63, 3.8) is 0 Å². The van der Waals surface area contributed by atoms with Gasteiger partial charge < -0.3 is 9.47 Å². The second kappa shape index (κ2) is 6.56. The molecule has 0 saturated heterocycles. The molecule has 4 nitrogen and oxygen atoms in total. The number of carbonyl (C=O) groups excluding carboxylic acids is 1. The third-order valence-corrected chi connectivity index (χ3v) is 4.11. The maximum Gasteiger partial charge on any atom is 0.363 e. The van der Waals surface area contributed by atoms with Gasteiger partial charge in [-0.25, -0.2) is 9.79 Å². The number of cyclic esters (lactones) is 1. The van der Waals surface area contributed by atoms with Crippen molar-refractivity contribution in [2.75, 3.05) is 7.11 Å². The van der Waals surface area contributed by atoms with Gasteiger partial charge in [0.2, 0.25) is 5.90 Å². The number of esters is 1. The van der Waals surface area contributed by atoms with Crippen molar-refractivity contribution in [3.8, 4) is 5.75 Å². The highest BCUT2D eigenvalue weighted by molar-refractivity contribution is 9.10. The van der Waals surface area contributed by atoms with Gasteiger partial charge in [-0.1, -0.05) is 23.7 Å². The highest BCUT2D eigenvalue weighted by Gasteiger charge is 2.25. The summed E-state index contributed by atoms with van der Waals surface area (Å²) in [7, 11) is 1.58. The predicted octanol–water partition coefficient (Wildman–Crippen LogP) is 4.46. The minimum atomic E-state index is -0.488. The molecule has 0 unspecified atom stereocenters. The summed E-state index contributed by atoms with van der Waals surface area (Å²) in [6.45, 7) is 0. The van der Waals surface area contributed by atoms with Gasteiger partial charge in [0.15, 0.2) is 5.70 Å². The van der Waals surface area contributed by atoms with Crippen LogP contribution < -0.4 is 4.74 Å². The summed E-state index contributed by atoms with van der Waals surface area (Å²) in [5.74, 6) is 0.463. The van der Waals surface area contributed by atoms with E-state index >= 15 is 0 Å². The molecule has 1 heterocycles. The van der Waals surface area contributed by atoms with Crippen LogP contribution in [0.2, 0.25) is 5.02 Å². The van der Waals surface area contributed by atoms with Crippen molar-refractivity contribution < 1.29 is 14.3 Å². The van der Waals surface area contributed by atoms with Crippen LogP contribution in [-0.4, -0.2) is 19.0 Å². The zero-order valence-corrected chi connectivity index (χ0v) is 14.4. The predicted molar refractivity (Wildman–Crippen MR) is 92.8 cm³/mol. The van der Waals surface area contributed by atoms with E-state index in [9.17, 15) is 4.79 Å². The molecule has 3 rings (SSSR count). The first-order valence-electron chi connectivity index (χ1n) is 6.69. The number of hydrogen-bond acceptors (Lipinski definition) is 4. The lowest BCUT2D eigenvalue weighted by Gasteiger charge is -2.05. The first-order chi connectivity index (χ1) is 11.1. The van der Waals surface area contributed by atoms with Gasteiger partial charge in [0, 0.05) is 9.50 Å². The molecule has 2 aromatic rings. The maximum atomic E-state index is 12.0. The quantitative estimate of drug-likeness (QED) is 0.572. The molecule has 1 aliphatic heterocycles. The van der Waals surface area contributed by atoms with E-state index < -0.39 is 5.97 Å². The smallest absolute Gasteiger partial charge is 0.363 e. The first kappa shape index (κ1) is 15.8. The fourth-order valence-corrected chi connectivity index (χ4v) is 2.69. The van der Waals surface area contributed by atoms with Gasteiger partial charge in [-0.05, 0) is 57.9 Å². The Kier molecular flexibility index (Phi) is 4.50. The van der Waals surface area contributed by atoms with Gasteiger partial charge >= 0.3 is 5.97 Å². The van der Waals surface area contributed by atoms with Crippen molar-refractivity contribution in [3.05, 3.63) is 68.8 Å². The Bertz CT molecular complexity index is 828. The number of methoxy groups -OCH3 is 1. The Labute approximate surface area is 146 Å². The number of carbonyl (C=O) groups is 1. The van der Waals surface area contributed by atoms with Crippen LogP contribution in [0.3, 0.4) is 0 Å². The standard InChI is InChI=1S/C17H11BrClNO3/c1-22-12-6-7-13(14(18)9-12)16-20-15(17(21)23-16)8-10-2-4-11(19)5-3-10/h2-9H,1H3. The third kappa shape index (κ3) is 3.46. The molecule has 0 amide bonds. The number of ether oxygens (including phenoxy) is 2. The molecule has 0 spiro atoms. The van der Waals surface area contributed by atoms with Crippen LogP contribution in [0.25, 0.3) is 6.08 Å². The Balaban J connectivity index is 1.93. The van der Waals surface area contributed by atoms with Gasteiger partial charge in [0.25, 0.3) is 0 Å². The fourth-order valence-electron chi connectivity index (χ4n) is 2.04. The zero-order valence-electron chi connectivity index (χ0n) is 12.0. The summed E-state index contributed by atoms with van der Waals surface area (Å²) in [6, 6.07) is 12.4. The van der Waals surface area contributed by atoms with E-state index in [-0.39, 0.29) is 11.6 Å². The molecule has 0 aliphatic carbocycles. The molecule has 116 valence electrons. The summed E-state index contributed by atoms with van der Waals surface area (Å²) in [6.07, 6.45) is 1.66. The highest BCUT2D eigenvalue weighted by atomic mass is 79.9. The Hall–Kier alpha value is -2.11. The molecule has 0 aromatic heterocycles. The van der Waals surface area contributed by atoms with E-state index in [4.69, 9.17) is 21.1 Å². The van der Waals surface area contributed by atoms with Gasteiger partial charge in [0.05, 0.1) is 12.7 Å². The second-order valence-electron chi connectivity index (χ2n) is 4.73. The molecule has 0 saturated carbocycles. The normalized spacial score (nSPS) is 15.5. The summed E-state index contributed by atoms with van der Waals surface area (Å²) >= 11 is 9.27. The van der Waals surface area contributed by atoms with Gasteiger partial charge in [0.1, 0.15) is 5.75 Å². The van der Waals surface area contributed by atoms with Gasteiger partial charge in [-0.3, -0.25) is 0 Å². The highest BCUT2D eigenvalue weighted by Crippen LogP contribution is 2.27. The van der Waals surface area contributed by atoms with Gasteiger partial charge in [-0.2, -0.15) is 0 Å². The van der Waals surface area contributed by atoms with E-state index in [0.717, 1.165) is 10.0 Å². The van der Waals surface area contributed by atoms with Crippen LogP contribution in [-0.2, 0) is 9.53 Å². The third-order valence-electron chi connectivity index (χ3n) is 3.20. The monoisotopic (exact) mass is 391 g/mol. The van der Waals surface area contributed by atoms with Crippen molar-refractivity contribution >= 4 is 45.5 Å². The molecule has 1 aliphatic rings. The summed E-state index contributed by atoms with van der Waals surface area (Å²) in [5, 5.41) is 0.632. The van der Waals surface area contributed by atoms with Crippen LogP contribution in [0.15, 0.2) is 57.6 Å². The number of benzene rings is 2. The van der Waals surface area contributed by atoms with E-state index in [1.165, 1.54) is 0 Å². The summed E-state index contributed by atoms with van der Waals surface area (Å²) in [5.41, 5.74) is 1.74. The lowest BCUT2D eigenvalue weighted by Crippen LogP contribution is -2.06. The average molecular weight is 393 g/mol. The van der Waals surface area contributed by atoms with Crippen LogP contribution >= 0.6 is 27.5 Å². The zero-order chi connectivity index (χ0) is 16.4. The molecule has 0 N–H and O–H groups in total. The average Bonchev–Trinajstić information content (AvgIpc) is 2.90. The minimum Gasteiger partial charge on any atom is -0.497 e. The van der Waals surface area contributed by atoms with Crippen LogP contribution in [0.5, 0.6) is 5.75 Å². The summed E-state index contributed by atoms with van der Waals surface area (Å²) < 4.78 is 11.1. The second-order valence-corrected chi connectivity index (χ2v) is 6.02. The molecular formula is C17H11BrClNO3. The number of halogens is 2. The van der Waals surface area contributed by atoms with E-state index in [0.29, 0.717) is 16.3 Å². The minimum absolute atomic E-state index is 0.241. The molecular weight excluding hydrogens is 382 g/mol. The number of aliphatic imine (C=N–C) groups is 1. The molecule has 6 heteroatoms. The molecule has 0 radical (unpaired) electrons. The fraction of sp³-hybridized carbons (Fsp3) is 0.0588. The number of nitrogens with zero attached hydrogens (tertiary/aromatic N) is 1. The van der Waals surface area contributed by atoms with Crippen LogP contribution in [0.1, 0.15) is 11.1 Å². The Morgan fingerprint density at radius 3 is 2.61 bits per heavy atom. The Morgan fingerprint density at radius 1 is 1.22 bits per heavy atom. The van der Waals surface area contributed by atoms with Crippen molar-refractivity contribution in [1.82, 2.24) is 0 Å². The molecule has 0 bridgehead atoms. The largest absolute Gasteiger partial charge is 0.497 e. The topological polar surface area (TPSA) is 47.9 Å². The summed E-state index contributed by atoms with van der Waals surface area (Å²) in [4.78, 5) is 16.3. The Morgan fingerprint density at radius 2 is 1.96 bits per heavy atom. The molecule has 0 fully saturated rings. The SMILES string of the molecule is COc1ccc(C2=NC(=Cc3ccc(Cl)cc3)C(=O)O2)c(Br)c1. The van der Waals surface area contributed by atoms with Crippen LogP contribution in [0, 0.1) is 0 Å². The van der Waals surface area contributed by atoms with E-state index in [1.807, 2.05) is 0 Å². The number of hydrogen-bond donors (Lipinski definition) is 0. The van der Waals surface area contributed by atoms with Crippen LogP contribution in [0.4, 0.5) is 0 Å². The van der Waals surface area contributed by atoms with Crippen molar-refractivity contribution in [2.24, 2.45) is 4.99 Å². The maximum absolute atomic E-state index is 12.0. The van der Waals surface area contributed by atoms with Crippen molar-refractivity contribution in [1.29, 1.82) is 0 Å². The molecule has 0 atom stereocenters. The van der Waals surface area contributed by atoms with Gasteiger partial charge in [-0.15, -0.1) is 0 Å².